The highest BCUT2D eigenvalue weighted by Gasteiger charge is 2.06. The second-order valence-corrected chi connectivity index (χ2v) is 2.95. The first-order valence-electron chi connectivity index (χ1n) is 3.24. The fourth-order valence-electron chi connectivity index (χ4n) is 0.711. The summed E-state index contributed by atoms with van der Waals surface area (Å²) < 4.78 is 0. The van der Waals surface area contributed by atoms with Crippen LogP contribution in [0.3, 0.4) is 0 Å². The molecule has 1 heterocycles. The third kappa shape index (κ3) is 2.14. The molecule has 0 radical (unpaired) electrons. The van der Waals surface area contributed by atoms with Crippen molar-refractivity contribution in [1.29, 1.82) is 0 Å². The van der Waals surface area contributed by atoms with E-state index in [1.165, 1.54) is 12.1 Å². The van der Waals surface area contributed by atoms with Gasteiger partial charge in [-0.3, -0.25) is 10.1 Å². The highest BCUT2D eigenvalue weighted by molar-refractivity contribution is 7.13. The molecular weight excluding hydrogens is 178 g/mol. The van der Waals surface area contributed by atoms with E-state index >= 15 is 0 Å². The Labute approximate surface area is 72.9 Å². The van der Waals surface area contributed by atoms with Crippen LogP contribution in [0, 0.1) is 10.1 Å². The Hall–Kier alpha value is -1.20. The summed E-state index contributed by atoms with van der Waals surface area (Å²) in [6.45, 7) is -0.0519. The van der Waals surface area contributed by atoms with Crippen LogP contribution in [0.15, 0.2) is 17.5 Å². The quantitative estimate of drug-likeness (QED) is 0.575. The van der Waals surface area contributed by atoms with Gasteiger partial charge in [0.25, 0.3) is 0 Å². The zero-order valence-electron chi connectivity index (χ0n) is 6.14. The number of aliphatic hydroxyl groups excluding tert-OH is 1. The first kappa shape index (κ1) is 8.89. The topological polar surface area (TPSA) is 63.4 Å². The van der Waals surface area contributed by atoms with E-state index in [1.807, 2.05) is 0 Å². The summed E-state index contributed by atoms with van der Waals surface area (Å²) in [5, 5.41) is 20.4. The number of hydrogen-bond acceptors (Lipinski definition) is 4. The second-order valence-electron chi connectivity index (χ2n) is 2.06. The smallest absolute Gasteiger partial charge is 0.324 e. The summed E-state index contributed by atoms with van der Waals surface area (Å²) >= 11 is 1.08. The van der Waals surface area contributed by atoms with Crippen LogP contribution in [0.5, 0.6) is 0 Å². The molecule has 1 aromatic rings. The van der Waals surface area contributed by atoms with Gasteiger partial charge in [0, 0.05) is 11.4 Å². The monoisotopic (exact) mass is 185 g/mol. The summed E-state index contributed by atoms with van der Waals surface area (Å²) in [4.78, 5) is 9.80. The molecule has 0 amide bonds. The predicted octanol–water partition coefficient (Wildman–Crippen LogP) is 1.66. The van der Waals surface area contributed by atoms with E-state index in [4.69, 9.17) is 5.11 Å². The van der Waals surface area contributed by atoms with Crippen LogP contribution in [-0.4, -0.2) is 16.6 Å². The van der Waals surface area contributed by atoms with Crippen molar-refractivity contribution in [2.24, 2.45) is 0 Å². The number of aliphatic hydroxyl groups is 1. The summed E-state index contributed by atoms with van der Waals surface area (Å²) in [6.07, 6.45) is 3.18. The van der Waals surface area contributed by atoms with Gasteiger partial charge in [-0.05, 0) is 5.56 Å². The molecule has 0 unspecified atom stereocenters. The molecule has 0 aliphatic heterocycles. The Morgan fingerprint density at radius 1 is 1.75 bits per heavy atom. The Balaban J connectivity index is 2.77. The molecule has 1 aromatic heterocycles. The van der Waals surface area contributed by atoms with Crippen LogP contribution < -0.4 is 0 Å². The third-order valence-electron chi connectivity index (χ3n) is 1.20. The van der Waals surface area contributed by atoms with Crippen LogP contribution >= 0.6 is 11.3 Å². The largest absolute Gasteiger partial charge is 0.392 e. The normalized spacial score (nSPS) is 10.8. The van der Waals surface area contributed by atoms with Crippen molar-refractivity contribution < 1.29 is 10.0 Å². The maximum atomic E-state index is 10.2. The molecular formula is C7H7NO3S. The Kier molecular flexibility index (Phi) is 2.95. The molecule has 12 heavy (non-hydrogen) atoms. The van der Waals surface area contributed by atoms with Crippen LogP contribution in [0.4, 0.5) is 5.00 Å². The molecule has 64 valence electrons. The highest BCUT2D eigenvalue weighted by atomic mass is 32.1. The lowest BCUT2D eigenvalue weighted by Gasteiger charge is -1.80. The second kappa shape index (κ2) is 3.99. The standard InChI is InChI=1S/C7H7NO3S/c9-3-1-2-6-4-7(8(10)11)12-5-6/h1-2,4-5,9H,3H2. The number of rotatable bonds is 3. The van der Waals surface area contributed by atoms with Gasteiger partial charge in [0.15, 0.2) is 0 Å². The van der Waals surface area contributed by atoms with E-state index in [0.29, 0.717) is 0 Å². The van der Waals surface area contributed by atoms with Crippen LogP contribution in [0.1, 0.15) is 5.56 Å². The van der Waals surface area contributed by atoms with Crippen molar-refractivity contribution in [1.82, 2.24) is 0 Å². The fraction of sp³-hybridized carbons (Fsp3) is 0.143. The van der Waals surface area contributed by atoms with Gasteiger partial charge in [0.1, 0.15) is 0 Å². The lowest BCUT2D eigenvalue weighted by Crippen LogP contribution is -1.81. The molecule has 0 aliphatic carbocycles. The average molecular weight is 185 g/mol. The van der Waals surface area contributed by atoms with Gasteiger partial charge in [-0.25, -0.2) is 0 Å². The van der Waals surface area contributed by atoms with E-state index in [-0.39, 0.29) is 11.6 Å². The van der Waals surface area contributed by atoms with Crippen molar-refractivity contribution >= 4 is 22.4 Å². The Morgan fingerprint density at radius 2 is 2.50 bits per heavy atom. The van der Waals surface area contributed by atoms with Gasteiger partial charge in [0.05, 0.1) is 11.5 Å². The first-order chi connectivity index (χ1) is 5.74. The van der Waals surface area contributed by atoms with Crippen LogP contribution in [-0.2, 0) is 0 Å². The zero-order chi connectivity index (χ0) is 8.97. The van der Waals surface area contributed by atoms with Gasteiger partial charge in [-0.15, -0.1) is 0 Å². The Morgan fingerprint density at radius 3 is 3.00 bits per heavy atom. The fourth-order valence-corrected chi connectivity index (χ4v) is 1.40. The van der Waals surface area contributed by atoms with Crippen molar-refractivity contribution in [2.45, 2.75) is 0 Å². The molecule has 0 bridgehead atoms. The van der Waals surface area contributed by atoms with Crippen LogP contribution in [0.25, 0.3) is 6.08 Å². The van der Waals surface area contributed by atoms with Gasteiger partial charge >= 0.3 is 5.00 Å². The molecule has 0 aliphatic rings. The number of thiophene rings is 1. The molecule has 0 fully saturated rings. The van der Waals surface area contributed by atoms with Gasteiger partial charge in [-0.1, -0.05) is 23.5 Å². The molecule has 0 saturated heterocycles. The summed E-state index contributed by atoms with van der Waals surface area (Å²) in [7, 11) is 0. The number of nitro groups is 1. The van der Waals surface area contributed by atoms with E-state index < -0.39 is 4.92 Å². The molecule has 1 N–H and O–H groups in total. The summed E-state index contributed by atoms with van der Waals surface area (Å²) in [5.74, 6) is 0. The maximum Gasteiger partial charge on any atom is 0.324 e. The van der Waals surface area contributed by atoms with E-state index in [0.717, 1.165) is 16.9 Å². The van der Waals surface area contributed by atoms with Crippen molar-refractivity contribution in [2.75, 3.05) is 6.61 Å². The predicted molar refractivity (Wildman–Crippen MR) is 47.1 cm³/mol. The summed E-state index contributed by atoms with van der Waals surface area (Å²) in [6, 6.07) is 1.47. The lowest BCUT2D eigenvalue weighted by molar-refractivity contribution is -0.380. The van der Waals surface area contributed by atoms with E-state index in [1.54, 1.807) is 11.5 Å². The van der Waals surface area contributed by atoms with Gasteiger partial charge in [-0.2, -0.15) is 0 Å². The minimum absolute atomic E-state index is 0.0519. The number of hydrogen-bond donors (Lipinski definition) is 1. The third-order valence-corrected chi connectivity index (χ3v) is 2.10. The molecule has 0 spiro atoms. The van der Waals surface area contributed by atoms with Crippen LogP contribution in [0.2, 0.25) is 0 Å². The van der Waals surface area contributed by atoms with E-state index in [9.17, 15) is 10.1 Å². The first-order valence-corrected chi connectivity index (χ1v) is 4.12. The molecule has 0 saturated carbocycles. The van der Waals surface area contributed by atoms with Crippen molar-refractivity contribution in [3.05, 3.63) is 33.2 Å². The molecule has 1 rings (SSSR count). The molecule has 4 nitrogen and oxygen atoms in total. The lowest BCUT2D eigenvalue weighted by atomic mass is 10.3. The highest BCUT2D eigenvalue weighted by Crippen LogP contribution is 2.23. The minimum Gasteiger partial charge on any atom is -0.392 e. The summed E-state index contributed by atoms with van der Waals surface area (Å²) in [5.41, 5.74) is 0.751. The molecule has 5 heteroatoms. The van der Waals surface area contributed by atoms with Crippen molar-refractivity contribution in [3.63, 3.8) is 0 Å². The maximum absolute atomic E-state index is 10.2. The average Bonchev–Trinajstić information content (AvgIpc) is 2.48. The van der Waals surface area contributed by atoms with E-state index in [2.05, 4.69) is 0 Å². The van der Waals surface area contributed by atoms with Gasteiger partial charge in [0.2, 0.25) is 0 Å². The molecule has 0 atom stereocenters. The SMILES string of the molecule is O=[N+]([O-])c1cc(C=CCO)cs1. The zero-order valence-corrected chi connectivity index (χ0v) is 6.95. The minimum atomic E-state index is -0.430. The van der Waals surface area contributed by atoms with Crippen molar-refractivity contribution in [3.8, 4) is 0 Å². The van der Waals surface area contributed by atoms with Gasteiger partial charge < -0.3 is 5.11 Å². The number of nitrogens with zero attached hydrogens (tertiary/aromatic N) is 1. The Bertz CT molecular complexity index is 305. The molecule has 0 aromatic carbocycles.